The van der Waals surface area contributed by atoms with E-state index in [2.05, 4.69) is 11.5 Å². The molecule has 6 heteroatoms. The molecule has 0 spiro atoms. The van der Waals surface area contributed by atoms with Crippen LogP contribution in [0, 0.1) is 5.82 Å². The lowest BCUT2D eigenvalue weighted by molar-refractivity contribution is -0.136. The van der Waals surface area contributed by atoms with Crippen molar-refractivity contribution < 1.29 is 14.0 Å². The van der Waals surface area contributed by atoms with Gasteiger partial charge in [-0.1, -0.05) is 63.3 Å². The van der Waals surface area contributed by atoms with E-state index in [4.69, 9.17) is 0 Å². The molecule has 0 bridgehead atoms. The Hall–Kier alpha value is -3.41. The van der Waals surface area contributed by atoms with Gasteiger partial charge in [0.25, 0.3) is 0 Å². The van der Waals surface area contributed by atoms with Crippen molar-refractivity contribution in [2.45, 2.75) is 76.8 Å². The van der Waals surface area contributed by atoms with E-state index >= 15 is 0 Å². The third-order valence-corrected chi connectivity index (χ3v) is 7.53. The average Bonchev–Trinajstić information content (AvgIpc) is 3.63. The second-order valence-corrected chi connectivity index (χ2v) is 10.3. The molecule has 0 saturated heterocycles. The molecule has 1 unspecified atom stereocenters. The van der Waals surface area contributed by atoms with Crippen molar-refractivity contribution in [3.05, 3.63) is 83.9 Å². The summed E-state index contributed by atoms with van der Waals surface area (Å²) >= 11 is 0. The van der Waals surface area contributed by atoms with E-state index in [0.717, 1.165) is 54.7 Å². The molecule has 1 saturated carbocycles. The van der Waals surface area contributed by atoms with Crippen LogP contribution < -0.4 is 4.90 Å². The molecule has 0 N–H and O–H groups in total. The van der Waals surface area contributed by atoms with Gasteiger partial charge in [0, 0.05) is 18.7 Å². The first-order valence-corrected chi connectivity index (χ1v) is 13.7. The summed E-state index contributed by atoms with van der Waals surface area (Å²) < 4.78 is 15.9. The molecule has 3 aromatic rings. The minimum atomic E-state index is -0.410. The number of hydrogen-bond acceptors (Lipinski definition) is 2. The molecule has 1 aliphatic carbocycles. The lowest BCUT2D eigenvalue weighted by Gasteiger charge is -2.39. The third kappa shape index (κ3) is 5.48. The molecular weight excluding hydrogens is 465 g/mol. The van der Waals surface area contributed by atoms with Crippen molar-refractivity contribution in [3.63, 3.8) is 0 Å². The number of rotatable bonds is 11. The summed E-state index contributed by atoms with van der Waals surface area (Å²) in [6.07, 6.45) is 11.2. The molecule has 2 heterocycles. The van der Waals surface area contributed by atoms with Crippen LogP contribution in [-0.4, -0.2) is 33.9 Å². The van der Waals surface area contributed by atoms with E-state index in [9.17, 15) is 14.0 Å². The number of benzene rings is 2. The first-order chi connectivity index (χ1) is 18.1. The van der Waals surface area contributed by atoms with E-state index < -0.39 is 6.04 Å². The smallest absolute Gasteiger partial charge is 0.247 e. The van der Waals surface area contributed by atoms with Crippen molar-refractivity contribution in [1.29, 1.82) is 0 Å². The summed E-state index contributed by atoms with van der Waals surface area (Å²) in [6.45, 7) is 2.26. The van der Waals surface area contributed by atoms with Crippen LogP contribution in [0.3, 0.4) is 0 Å². The van der Waals surface area contributed by atoms with Gasteiger partial charge in [-0.2, -0.15) is 0 Å². The van der Waals surface area contributed by atoms with Crippen molar-refractivity contribution in [3.8, 4) is 5.69 Å². The van der Waals surface area contributed by atoms with Crippen LogP contribution in [0.25, 0.3) is 5.69 Å². The van der Waals surface area contributed by atoms with Gasteiger partial charge in [-0.15, -0.1) is 0 Å². The fourth-order valence-corrected chi connectivity index (χ4v) is 5.45. The highest BCUT2D eigenvalue weighted by Crippen LogP contribution is 2.42. The van der Waals surface area contributed by atoms with Crippen LogP contribution in [0.5, 0.6) is 0 Å². The van der Waals surface area contributed by atoms with Gasteiger partial charge in [0.05, 0.1) is 17.1 Å². The Morgan fingerprint density at radius 2 is 1.59 bits per heavy atom. The number of fused-ring (bicyclic) bond motifs is 3. The van der Waals surface area contributed by atoms with E-state index in [-0.39, 0.29) is 30.2 Å². The summed E-state index contributed by atoms with van der Waals surface area (Å²) in [4.78, 5) is 30.9. The molecule has 37 heavy (non-hydrogen) atoms. The quantitative estimate of drug-likeness (QED) is 0.272. The summed E-state index contributed by atoms with van der Waals surface area (Å²) in [5, 5.41) is 0. The second kappa shape index (κ2) is 11.3. The predicted octanol–water partition coefficient (Wildman–Crippen LogP) is 6.79. The Kier molecular flexibility index (Phi) is 7.73. The maximum Gasteiger partial charge on any atom is 0.247 e. The average molecular weight is 502 g/mol. The fourth-order valence-electron chi connectivity index (χ4n) is 5.45. The molecule has 1 fully saturated rings. The molecule has 0 radical (unpaired) electrons. The maximum atomic E-state index is 14.1. The zero-order valence-corrected chi connectivity index (χ0v) is 21.6. The molecule has 1 atom stereocenters. The van der Waals surface area contributed by atoms with E-state index in [0.29, 0.717) is 6.42 Å². The number of nitrogens with zero attached hydrogens (tertiary/aromatic N) is 3. The topological polar surface area (TPSA) is 45.6 Å². The lowest BCUT2D eigenvalue weighted by Crippen LogP contribution is -2.47. The highest BCUT2D eigenvalue weighted by molar-refractivity contribution is 6.00. The van der Waals surface area contributed by atoms with Gasteiger partial charge in [0.1, 0.15) is 18.4 Å². The van der Waals surface area contributed by atoms with Crippen molar-refractivity contribution >= 4 is 17.5 Å². The van der Waals surface area contributed by atoms with Gasteiger partial charge in [0.2, 0.25) is 11.8 Å². The number of amides is 2. The van der Waals surface area contributed by atoms with Crippen LogP contribution in [0.1, 0.15) is 82.0 Å². The monoisotopic (exact) mass is 501 g/mol. The minimum absolute atomic E-state index is 0.0616. The number of para-hydroxylation sites is 2. The Labute approximate surface area is 218 Å². The summed E-state index contributed by atoms with van der Waals surface area (Å²) in [7, 11) is 0. The molecule has 194 valence electrons. The highest BCUT2D eigenvalue weighted by atomic mass is 19.1. The molecule has 5 nitrogen and oxygen atoms in total. The number of anilines is 1. The number of hydrogen-bond donors (Lipinski definition) is 0. The minimum Gasteiger partial charge on any atom is -0.330 e. The molecule has 2 aromatic carbocycles. The number of carbonyl (C=O) groups excluding carboxylic acids is 2. The number of carbonyl (C=O) groups is 2. The molecule has 5 rings (SSSR count). The molecule has 1 aromatic heterocycles. The lowest BCUT2D eigenvalue weighted by atomic mass is 9.97. The zero-order chi connectivity index (χ0) is 25.8. The summed E-state index contributed by atoms with van der Waals surface area (Å²) in [5.74, 6) is -0.343. The molecule has 2 aliphatic rings. The predicted molar refractivity (Wildman–Crippen MR) is 144 cm³/mol. The van der Waals surface area contributed by atoms with Crippen molar-refractivity contribution in [2.75, 3.05) is 11.4 Å². The zero-order valence-electron chi connectivity index (χ0n) is 21.6. The molecular formula is C31H36FN3O2. The van der Waals surface area contributed by atoms with Gasteiger partial charge in [-0.3, -0.25) is 14.5 Å². The first-order valence-electron chi connectivity index (χ1n) is 13.7. The summed E-state index contributed by atoms with van der Waals surface area (Å²) in [6, 6.07) is 17.9. The number of aromatic nitrogens is 1. The fraction of sp³-hybridized carbons (Fsp3) is 0.419. The molecule has 2 amide bonds. The van der Waals surface area contributed by atoms with Crippen LogP contribution in [0.2, 0.25) is 0 Å². The van der Waals surface area contributed by atoms with Crippen LogP contribution in [0.4, 0.5) is 10.1 Å². The van der Waals surface area contributed by atoms with Gasteiger partial charge in [0.15, 0.2) is 0 Å². The Bertz CT molecular complexity index is 1230. The first kappa shape index (κ1) is 25.2. The van der Waals surface area contributed by atoms with Gasteiger partial charge in [-0.05, 0) is 61.2 Å². The highest BCUT2D eigenvalue weighted by Gasteiger charge is 2.39. The van der Waals surface area contributed by atoms with Gasteiger partial charge in [-0.25, -0.2) is 4.39 Å². The Morgan fingerprint density at radius 3 is 2.32 bits per heavy atom. The Balaban J connectivity index is 1.39. The van der Waals surface area contributed by atoms with E-state index in [1.165, 1.54) is 31.4 Å². The summed E-state index contributed by atoms with van der Waals surface area (Å²) in [5.41, 5.74) is 3.49. The van der Waals surface area contributed by atoms with Gasteiger partial charge >= 0.3 is 0 Å². The normalized spacial score (nSPS) is 16.3. The molecule has 1 aliphatic heterocycles. The van der Waals surface area contributed by atoms with Crippen LogP contribution >= 0.6 is 0 Å². The van der Waals surface area contributed by atoms with E-state index in [1.807, 2.05) is 52.4 Å². The largest absolute Gasteiger partial charge is 0.330 e. The van der Waals surface area contributed by atoms with Gasteiger partial charge < -0.3 is 9.47 Å². The standard InChI is InChI=1S/C31H36FN3O2/c1-2-3-4-5-6-7-14-29(36)34(25-19-20-25)22-30(37)35-27-12-9-8-11-26(27)33-21-10-13-28(33)31(35)23-15-17-24(32)18-16-23/h8-13,15-18,21,25,31H,2-7,14,19-20,22H2,1H3. The third-order valence-electron chi connectivity index (χ3n) is 7.53. The van der Waals surface area contributed by atoms with Crippen LogP contribution in [0.15, 0.2) is 66.9 Å². The Morgan fingerprint density at radius 1 is 0.892 bits per heavy atom. The van der Waals surface area contributed by atoms with E-state index in [1.54, 1.807) is 12.1 Å². The SMILES string of the molecule is CCCCCCCCC(=O)N(CC(=O)N1c2ccccc2-n2cccc2C1c1ccc(F)cc1)C1CC1. The number of halogens is 1. The van der Waals surface area contributed by atoms with Crippen molar-refractivity contribution in [2.24, 2.45) is 0 Å². The van der Waals surface area contributed by atoms with Crippen molar-refractivity contribution in [1.82, 2.24) is 9.47 Å². The number of unbranched alkanes of at least 4 members (excludes halogenated alkanes) is 5. The second-order valence-electron chi connectivity index (χ2n) is 10.3. The van der Waals surface area contributed by atoms with Crippen LogP contribution in [-0.2, 0) is 9.59 Å². The maximum absolute atomic E-state index is 14.1.